The molecule has 0 radical (unpaired) electrons. The van der Waals surface area contributed by atoms with E-state index in [1.807, 2.05) is 23.1 Å². The molecule has 2 aliphatic heterocycles. The zero-order chi connectivity index (χ0) is 23.4. The molecule has 0 bridgehead atoms. The van der Waals surface area contributed by atoms with Crippen LogP contribution in [0.5, 0.6) is 5.75 Å². The van der Waals surface area contributed by atoms with Crippen LogP contribution in [0.25, 0.3) is 0 Å². The molecule has 1 amide bonds. The Labute approximate surface area is 193 Å². The summed E-state index contributed by atoms with van der Waals surface area (Å²) in [4.78, 5) is 14.7. The van der Waals surface area contributed by atoms with Gasteiger partial charge in [0.25, 0.3) is 0 Å². The lowest BCUT2D eigenvalue weighted by molar-refractivity contribution is -0.136. The van der Waals surface area contributed by atoms with E-state index in [4.69, 9.17) is 9.47 Å². The van der Waals surface area contributed by atoms with Gasteiger partial charge in [-0.2, -0.15) is 0 Å². The molecule has 0 spiro atoms. The van der Waals surface area contributed by atoms with Crippen molar-refractivity contribution in [1.29, 1.82) is 0 Å². The molecular weight excluding hydrogens is 444 g/mol. The molecule has 4 rings (SSSR count). The van der Waals surface area contributed by atoms with Crippen molar-refractivity contribution < 1.29 is 27.8 Å². The summed E-state index contributed by atoms with van der Waals surface area (Å²) in [7, 11) is -2.33. The molecule has 0 unspecified atom stereocenters. The molecule has 2 aromatic rings. The number of amides is 1. The van der Waals surface area contributed by atoms with Crippen molar-refractivity contribution >= 4 is 15.9 Å². The summed E-state index contributed by atoms with van der Waals surface area (Å²) < 4.78 is 39.0. The third-order valence-corrected chi connectivity index (χ3v) is 7.46. The van der Waals surface area contributed by atoms with E-state index in [1.165, 1.54) is 24.8 Å². The van der Waals surface area contributed by atoms with E-state index >= 15 is 0 Å². The van der Waals surface area contributed by atoms with Crippen molar-refractivity contribution in [2.75, 3.05) is 20.3 Å². The molecule has 9 heteroatoms. The van der Waals surface area contributed by atoms with Crippen molar-refractivity contribution in [1.82, 2.24) is 9.62 Å². The molecule has 2 aliphatic rings. The van der Waals surface area contributed by atoms with Crippen LogP contribution in [0.15, 0.2) is 65.6 Å². The maximum atomic E-state index is 12.8. The van der Waals surface area contributed by atoms with E-state index in [9.17, 15) is 18.3 Å². The van der Waals surface area contributed by atoms with Gasteiger partial charge in [-0.15, -0.1) is 0 Å². The average Bonchev–Trinajstić information content (AvgIpc) is 2.84. The first-order chi connectivity index (χ1) is 15.9. The van der Waals surface area contributed by atoms with Crippen molar-refractivity contribution in [3.63, 3.8) is 0 Å². The molecule has 2 aromatic carbocycles. The molecular formula is C24H28N2O6S. The molecule has 2 N–H and O–H groups in total. The number of nitrogens with zero attached hydrogens (tertiary/aromatic N) is 1. The Bertz CT molecular complexity index is 1120. The summed E-state index contributed by atoms with van der Waals surface area (Å²) in [6, 6.07) is 13.4. The first-order valence-electron chi connectivity index (χ1n) is 10.8. The molecule has 176 valence electrons. The second-order valence-electron chi connectivity index (χ2n) is 8.14. The number of aliphatic hydroxyl groups excluding tert-OH is 1. The molecule has 0 aliphatic carbocycles. The van der Waals surface area contributed by atoms with Gasteiger partial charge in [0.1, 0.15) is 11.9 Å². The van der Waals surface area contributed by atoms with Crippen molar-refractivity contribution in [3.8, 4) is 5.75 Å². The van der Waals surface area contributed by atoms with Gasteiger partial charge in [-0.3, -0.25) is 4.79 Å². The van der Waals surface area contributed by atoms with Gasteiger partial charge >= 0.3 is 0 Å². The standard InChI is InChI=1S/C24H28N2O6S/c1-31-19-6-9-21(10-7-19)33(29,30)25-22-11-8-20(32-23(22)16-27)14-24(28)26-13-12-17-4-2-3-5-18(17)15-26/h2-11,20,22-23,25,27H,12-16H2,1H3/t20-,22+,23-/m0/s1. The third-order valence-electron chi connectivity index (χ3n) is 5.98. The summed E-state index contributed by atoms with van der Waals surface area (Å²) in [5.41, 5.74) is 2.42. The van der Waals surface area contributed by atoms with Crippen molar-refractivity contribution in [2.45, 2.75) is 42.5 Å². The predicted molar refractivity (Wildman–Crippen MR) is 122 cm³/mol. The summed E-state index contributed by atoms with van der Waals surface area (Å²) in [5, 5.41) is 9.80. The van der Waals surface area contributed by atoms with Gasteiger partial charge in [0.05, 0.1) is 37.2 Å². The molecule has 3 atom stereocenters. The minimum absolute atomic E-state index is 0.0342. The first kappa shape index (κ1) is 23.4. The maximum absolute atomic E-state index is 12.8. The number of rotatable bonds is 7. The minimum atomic E-state index is -3.84. The zero-order valence-electron chi connectivity index (χ0n) is 18.4. The number of fused-ring (bicyclic) bond motifs is 1. The molecule has 33 heavy (non-hydrogen) atoms. The second-order valence-corrected chi connectivity index (χ2v) is 9.86. The van der Waals surface area contributed by atoms with Crippen molar-refractivity contribution in [3.05, 3.63) is 71.8 Å². The topological polar surface area (TPSA) is 105 Å². The molecule has 0 saturated heterocycles. The highest BCUT2D eigenvalue weighted by Gasteiger charge is 2.32. The molecule has 0 aromatic heterocycles. The lowest BCUT2D eigenvalue weighted by Gasteiger charge is -2.33. The Balaban J connectivity index is 1.39. The van der Waals surface area contributed by atoms with Crippen LogP contribution in [0, 0.1) is 0 Å². The Morgan fingerprint density at radius 2 is 1.88 bits per heavy atom. The number of ether oxygens (including phenoxy) is 2. The van der Waals surface area contributed by atoms with Gasteiger partial charge in [0.15, 0.2) is 0 Å². The summed E-state index contributed by atoms with van der Waals surface area (Å²) in [6.07, 6.45) is 2.94. The van der Waals surface area contributed by atoms with Gasteiger partial charge in [0.2, 0.25) is 15.9 Å². The van der Waals surface area contributed by atoms with Crippen LogP contribution in [0.3, 0.4) is 0 Å². The highest BCUT2D eigenvalue weighted by Crippen LogP contribution is 2.23. The lowest BCUT2D eigenvalue weighted by Crippen LogP contribution is -2.49. The van der Waals surface area contributed by atoms with Crippen LogP contribution in [-0.2, 0) is 32.5 Å². The largest absolute Gasteiger partial charge is 0.497 e. The van der Waals surface area contributed by atoms with E-state index < -0.39 is 28.3 Å². The fourth-order valence-corrected chi connectivity index (χ4v) is 5.34. The number of carbonyl (C=O) groups is 1. The highest BCUT2D eigenvalue weighted by atomic mass is 32.2. The SMILES string of the molecule is COc1ccc(S(=O)(=O)N[C@@H]2C=C[C@@H](CC(=O)N3CCc4ccccc4C3)O[C@H]2CO)cc1. The smallest absolute Gasteiger partial charge is 0.241 e. The number of sulfonamides is 1. The minimum Gasteiger partial charge on any atom is -0.497 e. The van der Waals surface area contributed by atoms with Gasteiger partial charge < -0.3 is 19.5 Å². The number of aliphatic hydroxyl groups is 1. The lowest BCUT2D eigenvalue weighted by atomic mass is 9.99. The number of hydrogen-bond acceptors (Lipinski definition) is 6. The van der Waals surface area contributed by atoms with E-state index in [0.29, 0.717) is 18.8 Å². The number of benzene rings is 2. The van der Waals surface area contributed by atoms with Crippen LogP contribution in [-0.4, -0.2) is 62.8 Å². The van der Waals surface area contributed by atoms with E-state index in [1.54, 1.807) is 24.3 Å². The van der Waals surface area contributed by atoms with Gasteiger partial charge in [0, 0.05) is 13.1 Å². The highest BCUT2D eigenvalue weighted by molar-refractivity contribution is 7.89. The van der Waals surface area contributed by atoms with Crippen LogP contribution >= 0.6 is 0 Å². The fourth-order valence-electron chi connectivity index (χ4n) is 4.12. The summed E-state index contributed by atoms with van der Waals surface area (Å²) in [6.45, 7) is 0.834. The Hall–Kier alpha value is -2.72. The van der Waals surface area contributed by atoms with E-state index in [2.05, 4.69) is 10.8 Å². The number of carbonyl (C=O) groups excluding carboxylic acids is 1. The Morgan fingerprint density at radius 3 is 2.58 bits per heavy atom. The Kier molecular flexibility index (Phi) is 7.14. The average molecular weight is 473 g/mol. The van der Waals surface area contributed by atoms with Gasteiger partial charge in [-0.05, 0) is 41.8 Å². The molecule has 0 saturated carbocycles. The summed E-state index contributed by atoms with van der Waals surface area (Å²) >= 11 is 0. The van der Waals surface area contributed by atoms with Crippen LogP contribution < -0.4 is 9.46 Å². The number of nitrogens with one attached hydrogen (secondary N) is 1. The molecule has 2 heterocycles. The van der Waals surface area contributed by atoms with Crippen molar-refractivity contribution in [2.24, 2.45) is 0 Å². The second kappa shape index (κ2) is 10.0. The third kappa shape index (κ3) is 5.44. The van der Waals surface area contributed by atoms with Crippen LogP contribution in [0.4, 0.5) is 0 Å². The van der Waals surface area contributed by atoms with E-state index in [0.717, 1.165) is 12.0 Å². The number of hydrogen-bond donors (Lipinski definition) is 2. The normalized spacial score (nSPS) is 22.6. The molecule has 8 nitrogen and oxygen atoms in total. The molecule has 0 fully saturated rings. The quantitative estimate of drug-likeness (QED) is 0.594. The number of methoxy groups -OCH3 is 1. The Morgan fingerprint density at radius 1 is 1.15 bits per heavy atom. The fraction of sp³-hybridized carbons (Fsp3) is 0.375. The van der Waals surface area contributed by atoms with Crippen LogP contribution in [0.2, 0.25) is 0 Å². The van der Waals surface area contributed by atoms with E-state index in [-0.39, 0.29) is 23.8 Å². The van der Waals surface area contributed by atoms with Gasteiger partial charge in [-0.25, -0.2) is 13.1 Å². The predicted octanol–water partition coefficient (Wildman–Crippen LogP) is 1.63. The monoisotopic (exact) mass is 472 g/mol. The van der Waals surface area contributed by atoms with Crippen LogP contribution in [0.1, 0.15) is 17.5 Å². The zero-order valence-corrected chi connectivity index (χ0v) is 19.2. The first-order valence-corrected chi connectivity index (χ1v) is 12.3. The maximum Gasteiger partial charge on any atom is 0.241 e. The summed E-state index contributed by atoms with van der Waals surface area (Å²) in [5.74, 6) is 0.515. The van der Waals surface area contributed by atoms with Gasteiger partial charge in [-0.1, -0.05) is 36.4 Å².